The zero-order valence-electron chi connectivity index (χ0n) is 8.76. The fourth-order valence-corrected chi connectivity index (χ4v) is 1.77. The van der Waals surface area contributed by atoms with Crippen LogP contribution < -0.4 is 5.73 Å². The van der Waals surface area contributed by atoms with E-state index in [9.17, 15) is 10.2 Å². The highest BCUT2D eigenvalue weighted by molar-refractivity contribution is 5.44. The van der Waals surface area contributed by atoms with Gasteiger partial charge in [0.15, 0.2) is 11.9 Å². The zero-order chi connectivity index (χ0) is 12.6. The van der Waals surface area contributed by atoms with Crippen molar-refractivity contribution in [2.24, 2.45) is 0 Å². The predicted octanol–water partition coefficient (Wildman–Crippen LogP) is -2.05. The van der Waals surface area contributed by atoms with Crippen LogP contribution in [0.4, 0.5) is 5.82 Å². The first-order valence-corrected chi connectivity index (χ1v) is 4.95. The third kappa shape index (κ3) is 1.75. The Morgan fingerprint density at radius 1 is 1.53 bits per heavy atom. The maximum Gasteiger partial charge on any atom is 0.182 e. The number of nitrogens with two attached hydrogens (primary N) is 1. The molecule has 0 saturated carbocycles. The van der Waals surface area contributed by atoms with Crippen LogP contribution in [0.3, 0.4) is 0 Å². The molecule has 8 nitrogen and oxygen atoms in total. The molecule has 2 rings (SSSR count). The summed E-state index contributed by atoms with van der Waals surface area (Å²) < 4.78 is 6.50. The molecule has 8 heteroatoms. The van der Waals surface area contributed by atoms with Crippen molar-refractivity contribution in [3.05, 3.63) is 12.0 Å². The highest BCUT2D eigenvalue weighted by Crippen LogP contribution is 2.31. The molecule has 0 aliphatic carbocycles. The van der Waals surface area contributed by atoms with Gasteiger partial charge in [-0.05, 0) is 0 Å². The number of hydrogen-bond donors (Lipinski definition) is 4. The Hall–Kier alpha value is -1.66. The summed E-state index contributed by atoms with van der Waals surface area (Å²) in [5, 5.41) is 36.9. The van der Waals surface area contributed by atoms with E-state index in [1.807, 2.05) is 0 Å². The van der Waals surface area contributed by atoms with E-state index in [4.69, 9.17) is 20.8 Å². The lowest BCUT2D eigenvalue weighted by Crippen LogP contribution is -2.33. The van der Waals surface area contributed by atoms with Crippen molar-refractivity contribution in [1.82, 2.24) is 9.55 Å². The van der Waals surface area contributed by atoms with Gasteiger partial charge in [0.25, 0.3) is 0 Å². The van der Waals surface area contributed by atoms with Crippen LogP contribution in [0.2, 0.25) is 0 Å². The number of nitriles is 1. The average molecular weight is 240 g/mol. The molecule has 1 aromatic heterocycles. The van der Waals surface area contributed by atoms with Crippen molar-refractivity contribution in [1.29, 1.82) is 5.26 Å². The summed E-state index contributed by atoms with van der Waals surface area (Å²) in [6, 6.07) is 1.78. The van der Waals surface area contributed by atoms with Gasteiger partial charge in [0, 0.05) is 0 Å². The van der Waals surface area contributed by atoms with Crippen LogP contribution in [0, 0.1) is 11.3 Å². The van der Waals surface area contributed by atoms with Crippen LogP contribution >= 0.6 is 0 Å². The number of hydrogen-bond acceptors (Lipinski definition) is 7. The van der Waals surface area contributed by atoms with Crippen LogP contribution in [0.25, 0.3) is 0 Å². The SMILES string of the molecule is N#Cc1ncn([C@H]2O[C@@H](CO)[C@@H](O)[C@H]2O)c1N. The van der Waals surface area contributed by atoms with Gasteiger partial charge >= 0.3 is 0 Å². The Morgan fingerprint density at radius 2 is 2.24 bits per heavy atom. The number of ether oxygens (including phenoxy) is 1. The summed E-state index contributed by atoms with van der Waals surface area (Å²) in [6.45, 7) is -0.422. The van der Waals surface area contributed by atoms with Crippen LogP contribution in [-0.4, -0.2) is 49.8 Å². The molecule has 1 aromatic rings. The first-order valence-electron chi connectivity index (χ1n) is 4.95. The highest BCUT2D eigenvalue weighted by atomic mass is 16.6. The number of nitrogen functional groups attached to an aromatic ring is 1. The van der Waals surface area contributed by atoms with Gasteiger partial charge in [0.2, 0.25) is 0 Å². The van der Waals surface area contributed by atoms with Crippen molar-refractivity contribution in [3.8, 4) is 6.07 Å². The van der Waals surface area contributed by atoms with Gasteiger partial charge in [-0.25, -0.2) is 4.98 Å². The van der Waals surface area contributed by atoms with Crippen molar-refractivity contribution >= 4 is 5.82 Å². The summed E-state index contributed by atoms with van der Waals surface area (Å²) in [6.07, 6.45) is -3.06. The van der Waals surface area contributed by atoms with E-state index in [2.05, 4.69) is 4.98 Å². The number of anilines is 1. The highest BCUT2D eigenvalue weighted by Gasteiger charge is 2.44. The molecule has 1 saturated heterocycles. The minimum absolute atomic E-state index is 0.0164. The number of aliphatic hydroxyl groups is 3. The maximum atomic E-state index is 9.75. The van der Waals surface area contributed by atoms with Crippen LogP contribution in [0.1, 0.15) is 11.9 Å². The lowest BCUT2D eigenvalue weighted by Gasteiger charge is -2.17. The number of rotatable bonds is 2. The zero-order valence-corrected chi connectivity index (χ0v) is 8.76. The van der Waals surface area contributed by atoms with Crippen LogP contribution in [0.5, 0.6) is 0 Å². The smallest absolute Gasteiger partial charge is 0.182 e. The molecular formula is C9H12N4O4. The summed E-state index contributed by atoms with van der Waals surface area (Å²) in [5.41, 5.74) is 5.65. The monoisotopic (exact) mass is 240 g/mol. The third-order valence-electron chi connectivity index (χ3n) is 2.73. The fourth-order valence-electron chi connectivity index (χ4n) is 1.77. The molecule has 0 radical (unpaired) electrons. The molecule has 0 unspecified atom stereocenters. The lowest BCUT2D eigenvalue weighted by atomic mass is 10.1. The molecule has 92 valence electrons. The van der Waals surface area contributed by atoms with Crippen LogP contribution in [-0.2, 0) is 4.74 Å². The first kappa shape index (κ1) is 11.8. The van der Waals surface area contributed by atoms with Crippen molar-refractivity contribution in [2.75, 3.05) is 12.3 Å². The predicted molar refractivity (Wildman–Crippen MR) is 54.4 cm³/mol. The molecule has 0 spiro atoms. The lowest BCUT2D eigenvalue weighted by molar-refractivity contribution is -0.0518. The average Bonchev–Trinajstić information content (AvgIpc) is 2.82. The molecule has 0 amide bonds. The minimum atomic E-state index is -1.24. The summed E-state index contributed by atoms with van der Waals surface area (Å²) in [4.78, 5) is 3.73. The van der Waals surface area contributed by atoms with Gasteiger partial charge in [-0.1, -0.05) is 0 Å². The molecule has 5 N–H and O–H groups in total. The molecule has 1 aliphatic heterocycles. The van der Waals surface area contributed by atoms with Gasteiger partial charge < -0.3 is 25.8 Å². The molecule has 17 heavy (non-hydrogen) atoms. The summed E-state index contributed by atoms with van der Waals surface area (Å²) >= 11 is 0. The fraction of sp³-hybridized carbons (Fsp3) is 0.556. The number of nitrogens with zero attached hydrogens (tertiary/aromatic N) is 3. The topological polar surface area (TPSA) is 138 Å². The molecular weight excluding hydrogens is 228 g/mol. The normalized spacial score (nSPS) is 32.6. The molecule has 1 aliphatic rings. The standard InChI is InChI=1S/C9H12N4O4/c10-1-4-8(11)13(3-12-4)9-7(16)6(15)5(2-14)17-9/h3,5-7,9,14-16H,2,11H2/t5-,6+,7+,9-/m0/s1. The number of imidazole rings is 1. The van der Waals surface area contributed by atoms with E-state index in [0.717, 1.165) is 0 Å². The minimum Gasteiger partial charge on any atom is -0.394 e. The van der Waals surface area contributed by atoms with E-state index < -0.39 is 31.1 Å². The van der Waals surface area contributed by atoms with Crippen molar-refractivity contribution in [3.63, 3.8) is 0 Å². The second-order valence-corrected chi connectivity index (χ2v) is 3.73. The van der Waals surface area contributed by atoms with E-state index in [0.29, 0.717) is 0 Å². The van der Waals surface area contributed by atoms with E-state index in [1.165, 1.54) is 10.9 Å². The molecule has 0 aromatic carbocycles. The van der Waals surface area contributed by atoms with E-state index in [-0.39, 0.29) is 11.5 Å². The summed E-state index contributed by atoms with van der Waals surface area (Å²) in [5.74, 6) is 0.0438. The molecule has 1 fully saturated rings. The number of aromatic nitrogens is 2. The van der Waals surface area contributed by atoms with Gasteiger partial charge in [0.05, 0.1) is 6.61 Å². The Balaban J connectivity index is 2.29. The number of aliphatic hydroxyl groups excluding tert-OH is 3. The Morgan fingerprint density at radius 3 is 2.71 bits per heavy atom. The van der Waals surface area contributed by atoms with Crippen molar-refractivity contribution in [2.45, 2.75) is 24.5 Å². The Kier molecular flexibility index (Phi) is 2.99. The third-order valence-corrected chi connectivity index (χ3v) is 2.73. The summed E-state index contributed by atoms with van der Waals surface area (Å²) in [7, 11) is 0. The molecule has 4 atom stereocenters. The Bertz CT molecular complexity index is 454. The van der Waals surface area contributed by atoms with Crippen molar-refractivity contribution < 1.29 is 20.1 Å². The van der Waals surface area contributed by atoms with E-state index in [1.54, 1.807) is 6.07 Å². The largest absolute Gasteiger partial charge is 0.394 e. The van der Waals surface area contributed by atoms with Gasteiger partial charge in [-0.15, -0.1) is 0 Å². The molecule has 2 heterocycles. The first-order chi connectivity index (χ1) is 8.10. The maximum absolute atomic E-state index is 9.75. The quantitative estimate of drug-likeness (QED) is 0.466. The Labute approximate surface area is 96.5 Å². The van der Waals surface area contributed by atoms with Gasteiger partial charge in [0.1, 0.15) is 36.5 Å². The second kappa shape index (κ2) is 4.31. The van der Waals surface area contributed by atoms with Gasteiger partial charge in [-0.3, -0.25) is 4.57 Å². The van der Waals surface area contributed by atoms with Crippen LogP contribution in [0.15, 0.2) is 6.33 Å². The second-order valence-electron chi connectivity index (χ2n) is 3.73. The molecule has 0 bridgehead atoms. The van der Waals surface area contributed by atoms with E-state index >= 15 is 0 Å². The van der Waals surface area contributed by atoms with Gasteiger partial charge in [-0.2, -0.15) is 5.26 Å².